The lowest BCUT2D eigenvalue weighted by Crippen LogP contribution is -2.39. The minimum atomic E-state index is 0.158. The molecule has 0 aromatic carbocycles. The molecule has 2 aliphatic carbocycles. The number of nitrogens with two attached hydrogens (primary N) is 1. The van der Waals surface area contributed by atoms with Gasteiger partial charge in [0.05, 0.1) is 0 Å². The molecule has 0 bridgehead atoms. The van der Waals surface area contributed by atoms with Gasteiger partial charge in [-0.1, -0.05) is 25.7 Å². The summed E-state index contributed by atoms with van der Waals surface area (Å²) in [4.78, 5) is 12.1. The lowest BCUT2D eigenvalue weighted by atomic mass is 9.75. The van der Waals surface area contributed by atoms with Gasteiger partial charge in [0.1, 0.15) is 5.78 Å². The summed E-state index contributed by atoms with van der Waals surface area (Å²) in [5, 5.41) is 0. The highest BCUT2D eigenvalue weighted by molar-refractivity contribution is 5.84. The van der Waals surface area contributed by atoms with Crippen molar-refractivity contribution < 1.29 is 4.79 Å². The predicted molar refractivity (Wildman–Crippen MR) is 56.9 cm³/mol. The predicted octanol–water partition coefficient (Wildman–Crippen LogP) is 2.26. The van der Waals surface area contributed by atoms with Crippen molar-refractivity contribution in [2.45, 2.75) is 57.4 Å². The van der Waals surface area contributed by atoms with Gasteiger partial charge in [-0.2, -0.15) is 0 Å². The zero-order valence-corrected chi connectivity index (χ0v) is 8.87. The summed E-state index contributed by atoms with van der Waals surface area (Å²) in [5.41, 5.74) is 6.08. The molecule has 2 atom stereocenters. The number of ketones is 1. The van der Waals surface area contributed by atoms with Crippen molar-refractivity contribution in [3.05, 3.63) is 0 Å². The third-order valence-electron chi connectivity index (χ3n) is 3.94. The van der Waals surface area contributed by atoms with Crippen molar-refractivity contribution in [3.8, 4) is 0 Å². The molecule has 80 valence electrons. The van der Waals surface area contributed by atoms with Gasteiger partial charge in [-0.05, 0) is 25.7 Å². The molecule has 2 aliphatic rings. The highest BCUT2D eigenvalue weighted by atomic mass is 16.1. The van der Waals surface area contributed by atoms with Crippen LogP contribution < -0.4 is 5.73 Å². The number of Topliss-reactive ketones (excluding diaryl/α,β-unsaturated/α-hetero) is 1. The van der Waals surface area contributed by atoms with E-state index < -0.39 is 0 Å². The topological polar surface area (TPSA) is 43.1 Å². The normalized spacial score (nSPS) is 34.6. The molecular formula is C12H21NO. The standard InChI is InChI=1S/C12H21NO/c13-11-8-3-1-2-7-10(11)12(14)9-5-4-6-9/h9-11H,1-8,13H2. The van der Waals surface area contributed by atoms with E-state index in [1.165, 1.54) is 25.7 Å². The van der Waals surface area contributed by atoms with E-state index in [0.717, 1.165) is 25.7 Å². The van der Waals surface area contributed by atoms with Crippen LogP contribution in [0.5, 0.6) is 0 Å². The summed E-state index contributed by atoms with van der Waals surface area (Å²) in [7, 11) is 0. The van der Waals surface area contributed by atoms with Crippen molar-refractivity contribution in [1.29, 1.82) is 0 Å². The van der Waals surface area contributed by atoms with E-state index in [2.05, 4.69) is 0 Å². The third-order valence-corrected chi connectivity index (χ3v) is 3.94. The highest BCUT2D eigenvalue weighted by Gasteiger charge is 2.34. The van der Waals surface area contributed by atoms with Crippen molar-refractivity contribution in [3.63, 3.8) is 0 Å². The van der Waals surface area contributed by atoms with Crippen molar-refractivity contribution >= 4 is 5.78 Å². The second kappa shape index (κ2) is 4.43. The molecular weight excluding hydrogens is 174 g/mol. The van der Waals surface area contributed by atoms with Crippen LogP contribution in [0.2, 0.25) is 0 Å². The Balaban J connectivity index is 1.95. The Morgan fingerprint density at radius 2 is 1.64 bits per heavy atom. The van der Waals surface area contributed by atoms with Crippen LogP contribution in [0.25, 0.3) is 0 Å². The van der Waals surface area contributed by atoms with Crippen molar-refractivity contribution in [1.82, 2.24) is 0 Å². The van der Waals surface area contributed by atoms with E-state index in [1.807, 2.05) is 0 Å². The van der Waals surface area contributed by atoms with Gasteiger partial charge in [-0.3, -0.25) is 4.79 Å². The molecule has 0 saturated heterocycles. The van der Waals surface area contributed by atoms with Gasteiger partial charge >= 0.3 is 0 Å². The summed E-state index contributed by atoms with van der Waals surface area (Å²) in [5.74, 6) is 1.07. The van der Waals surface area contributed by atoms with E-state index in [1.54, 1.807) is 0 Å². The SMILES string of the molecule is NC1CCCCCC1C(=O)C1CCC1. The second-order valence-corrected chi connectivity index (χ2v) is 4.94. The van der Waals surface area contributed by atoms with Crippen LogP contribution in [-0.2, 0) is 4.79 Å². The maximum atomic E-state index is 12.1. The first-order valence-corrected chi connectivity index (χ1v) is 6.08. The fourth-order valence-corrected chi connectivity index (χ4v) is 2.69. The first-order chi connectivity index (χ1) is 6.79. The van der Waals surface area contributed by atoms with Crippen LogP contribution in [0.1, 0.15) is 51.4 Å². The van der Waals surface area contributed by atoms with E-state index >= 15 is 0 Å². The molecule has 2 rings (SSSR count). The molecule has 2 N–H and O–H groups in total. The number of hydrogen-bond donors (Lipinski definition) is 1. The molecule has 2 heteroatoms. The first-order valence-electron chi connectivity index (χ1n) is 6.08. The fourth-order valence-electron chi connectivity index (χ4n) is 2.69. The Labute approximate surface area is 86.2 Å². The zero-order valence-electron chi connectivity index (χ0n) is 8.87. The van der Waals surface area contributed by atoms with E-state index in [9.17, 15) is 4.79 Å². The molecule has 0 aliphatic heterocycles. The largest absolute Gasteiger partial charge is 0.327 e. The Morgan fingerprint density at radius 1 is 0.929 bits per heavy atom. The second-order valence-electron chi connectivity index (χ2n) is 4.94. The molecule has 14 heavy (non-hydrogen) atoms. The maximum Gasteiger partial charge on any atom is 0.140 e. The molecule has 0 radical (unpaired) electrons. The van der Waals surface area contributed by atoms with Gasteiger partial charge in [-0.15, -0.1) is 0 Å². The number of carbonyl (C=O) groups is 1. The van der Waals surface area contributed by atoms with Crippen molar-refractivity contribution in [2.75, 3.05) is 0 Å². The summed E-state index contributed by atoms with van der Waals surface area (Å²) in [6.45, 7) is 0. The molecule has 0 heterocycles. The molecule has 0 spiro atoms. The van der Waals surface area contributed by atoms with Gasteiger partial charge in [0, 0.05) is 17.9 Å². The smallest absolute Gasteiger partial charge is 0.140 e. The van der Waals surface area contributed by atoms with E-state index in [0.29, 0.717) is 11.7 Å². The van der Waals surface area contributed by atoms with Crippen LogP contribution in [0.15, 0.2) is 0 Å². The Kier molecular flexibility index (Phi) is 3.22. The van der Waals surface area contributed by atoms with Gasteiger partial charge in [0.15, 0.2) is 0 Å². The zero-order chi connectivity index (χ0) is 9.97. The minimum absolute atomic E-state index is 0.158. The number of rotatable bonds is 2. The van der Waals surface area contributed by atoms with Crippen LogP contribution in [0.3, 0.4) is 0 Å². The Bertz CT molecular complexity index is 210. The van der Waals surface area contributed by atoms with Gasteiger partial charge in [0.25, 0.3) is 0 Å². The van der Waals surface area contributed by atoms with E-state index in [-0.39, 0.29) is 12.0 Å². The summed E-state index contributed by atoms with van der Waals surface area (Å²) < 4.78 is 0. The molecule has 0 amide bonds. The molecule has 2 saturated carbocycles. The van der Waals surface area contributed by atoms with E-state index in [4.69, 9.17) is 5.73 Å². The highest BCUT2D eigenvalue weighted by Crippen LogP contribution is 2.33. The maximum absolute atomic E-state index is 12.1. The Morgan fingerprint density at radius 3 is 2.29 bits per heavy atom. The van der Waals surface area contributed by atoms with Gasteiger partial charge in [0.2, 0.25) is 0 Å². The molecule has 2 unspecified atom stereocenters. The van der Waals surface area contributed by atoms with Gasteiger partial charge in [-0.25, -0.2) is 0 Å². The summed E-state index contributed by atoms with van der Waals surface area (Å²) >= 11 is 0. The third kappa shape index (κ3) is 2.00. The lowest BCUT2D eigenvalue weighted by Gasteiger charge is -2.30. The van der Waals surface area contributed by atoms with Crippen LogP contribution >= 0.6 is 0 Å². The number of carbonyl (C=O) groups excluding carboxylic acids is 1. The molecule has 0 aromatic heterocycles. The first kappa shape index (κ1) is 10.2. The number of hydrogen-bond acceptors (Lipinski definition) is 2. The average Bonchev–Trinajstić information content (AvgIpc) is 2.26. The molecule has 2 nitrogen and oxygen atoms in total. The monoisotopic (exact) mass is 195 g/mol. The molecule has 2 fully saturated rings. The molecule has 0 aromatic rings. The average molecular weight is 195 g/mol. The van der Waals surface area contributed by atoms with Crippen molar-refractivity contribution in [2.24, 2.45) is 17.6 Å². The fraction of sp³-hybridized carbons (Fsp3) is 0.917. The minimum Gasteiger partial charge on any atom is -0.327 e. The van der Waals surface area contributed by atoms with Gasteiger partial charge < -0.3 is 5.73 Å². The van der Waals surface area contributed by atoms with Crippen LogP contribution in [0, 0.1) is 11.8 Å². The Hall–Kier alpha value is -0.370. The lowest BCUT2D eigenvalue weighted by molar-refractivity contribution is -0.130. The quantitative estimate of drug-likeness (QED) is 0.687. The van der Waals surface area contributed by atoms with Crippen LogP contribution in [-0.4, -0.2) is 11.8 Å². The summed E-state index contributed by atoms with van der Waals surface area (Å²) in [6, 6.07) is 0.158. The van der Waals surface area contributed by atoms with Crippen LogP contribution in [0.4, 0.5) is 0 Å². The summed E-state index contributed by atoms with van der Waals surface area (Å²) in [6.07, 6.45) is 9.30.